The van der Waals surface area contributed by atoms with Crippen molar-refractivity contribution in [1.29, 1.82) is 0 Å². The molecule has 1 aromatic carbocycles. The lowest BCUT2D eigenvalue weighted by molar-refractivity contribution is -0.133. The van der Waals surface area contributed by atoms with Crippen molar-refractivity contribution >= 4 is 5.91 Å². The maximum absolute atomic E-state index is 13.0. The normalized spacial score (nSPS) is 20.8. The van der Waals surface area contributed by atoms with Crippen molar-refractivity contribution in [2.24, 2.45) is 0 Å². The molecule has 1 amide bonds. The third-order valence-corrected chi connectivity index (χ3v) is 5.87. The zero-order valence-electron chi connectivity index (χ0n) is 16.2. The van der Waals surface area contributed by atoms with Crippen molar-refractivity contribution in [2.75, 3.05) is 19.6 Å². The lowest BCUT2D eigenvalue weighted by atomic mass is 9.96. The summed E-state index contributed by atoms with van der Waals surface area (Å²) in [6, 6.07) is 8.26. The Morgan fingerprint density at radius 3 is 2.85 bits per heavy atom. The van der Waals surface area contributed by atoms with E-state index >= 15 is 0 Å². The van der Waals surface area contributed by atoms with Crippen LogP contribution in [0.5, 0.6) is 0 Å². The molecule has 142 valence electrons. The van der Waals surface area contributed by atoms with E-state index < -0.39 is 0 Å². The Labute approximate surface area is 161 Å². The molecule has 0 radical (unpaired) electrons. The van der Waals surface area contributed by atoms with Gasteiger partial charge in [-0.05, 0) is 38.8 Å². The molecule has 1 fully saturated rings. The first-order valence-electron chi connectivity index (χ1n) is 10.0. The van der Waals surface area contributed by atoms with Crippen LogP contribution in [0.15, 0.2) is 30.5 Å². The summed E-state index contributed by atoms with van der Waals surface area (Å²) in [5.74, 6) is 1.45. The first-order valence-corrected chi connectivity index (χ1v) is 10.0. The fourth-order valence-corrected chi connectivity index (χ4v) is 4.06. The number of hydrogen-bond acceptors (Lipinski definition) is 4. The Kier molecular flexibility index (Phi) is 5.21. The lowest BCUT2D eigenvalue weighted by Crippen LogP contribution is -2.39. The van der Waals surface area contributed by atoms with Crippen LogP contribution in [0, 0.1) is 6.92 Å². The molecule has 1 saturated heterocycles. The Morgan fingerprint density at radius 2 is 2.11 bits per heavy atom. The van der Waals surface area contributed by atoms with E-state index in [0.29, 0.717) is 12.5 Å². The number of amides is 1. The van der Waals surface area contributed by atoms with Crippen LogP contribution in [0.3, 0.4) is 0 Å². The summed E-state index contributed by atoms with van der Waals surface area (Å²) < 4.78 is 0. The molecule has 1 aromatic heterocycles. The summed E-state index contributed by atoms with van der Waals surface area (Å²) in [4.78, 5) is 24.4. The monoisotopic (exact) mass is 364 g/mol. The van der Waals surface area contributed by atoms with Gasteiger partial charge in [0.1, 0.15) is 5.82 Å². The summed E-state index contributed by atoms with van der Waals surface area (Å²) in [6.07, 6.45) is 5.11. The lowest BCUT2D eigenvalue weighted by Gasteiger charge is -2.31. The maximum atomic E-state index is 13.0. The van der Waals surface area contributed by atoms with Gasteiger partial charge in [-0.3, -0.25) is 4.79 Å². The number of aromatic nitrogens is 2. The van der Waals surface area contributed by atoms with Crippen molar-refractivity contribution in [3.63, 3.8) is 0 Å². The summed E-state index contributed by atoms with van der Waals surface area (Å²) in [6.45, 7) is 7.48. The molecule has 2 aromatic rings. The fraction of sp³-hybridized carbons (Fsp3) is 0.500. The molecule has 2 aliphatic rings. The third kappa shape index (κ3) is 3.88. The van der Waals surface area contributed by atoms with Crippen LogP contribution in [-0.4, -0.2) is 40.4 Å². The predicted molar refractivity (Wildman–Crippen MR) is 106 cm³/mol. The topological polar surface area (TPSA) is 58.1 Å². The minimum Gasteiger partial charge on any atom is -0.337 e. The molecule has 0 unspecified atom stereocenters. The van der Waals surface area contributed by atoms with Gasteiger partial charge in [-0.1, -0.05) is 29.8 Å². The van der Waals surface area contributed by atoms with Crippen LogP contribution in [-0.2, 0) is 17.8 Å². The molecule has 0 spiro atoms. The van der Waals surface area contributed by atoms with Gasteiger partial charge in [0.2, 0.25) is 5.91 Å². The van der Waals surface area contributed by atoms with E-state index in [1.54, 1.807) is 0 Å². The van der Waals surface area contributed by atoms with E-state index in [1.165, 1.54) is 12.0 Å². The van der Waals surface area contributed by atoms with E-state index in [9.17, 15) is 4.79 Å². The maximum Gasteiger partial charge on any atom is 0.230 e. The van der Waals surface area contributed by atoms with Gasteiger partial charge in [0, 0.05) is 43.7 Å². The molecular weight excluding hydrogens is 336 g/mol. The van der Waals surface area contributed by atoms with Crippen molar-refractivity contribution in [3.05, 3.63) is 58.7 Å². The highest BCUT2D eigenvalue weighted by Gasteiger charge is 2.27. The first-order chi connectivity index (χ1) is 13.1. The highest BCUT2D eigenvalue weighted by molar-refractivity contribution is 5.83. The number of hydrogen-bond donors (Lipinski definition) is 1. The summed E-state index contributed by atoms with van der Waals surface area (Å²) in [5, 5.41) is 3.43. The van der Waals surface area contributed by atoms with Gasteiger partial charge in [0.25, 0.3) is 0 Å². The second-order valence-corrected chi connectivity index (χ2v) is 7.89. The van der Waals surface area contributed by atoms with Gasteiger partial charge in [-0.15, -0.1) is 0 Å². The predicted octanol–water partition coefficient (Wildman–Crippen LogP) is 2.94. The van der Waals surface area contributed by atoms with Crippen LogP contribution in [0.4, 0.5) is 0 Å². The molecule has 0 aliphatic carbocycles. The standard InChI is InChI=1S/C22H28N4O/c1-15-5-7-17(8-6-15)16(2)22(27)26-11-9-20-19(14-26)13-24-21(25-20)18-4-3-10-23-12-18/h5-8,13,16,18,23H,3-4,9-12,14H2,1-2H3/t16-,18+/m0/s1. The Bertz CT molecular complexity index is 812. The molecule has 27 heavy (non-hydrogen) atoms. The smallest absolute Gasteiger partial charge is 0.230 e. The van der Waals surface area contributed by atoms with E-state index in [2.05, 4.69) is 41.5 Å². The van der Waals surface area contributed by atoms with Gasteiger partial charge in [0.05, 0.1) is 11.6 Å². The number of benzene rings is 1. The quantitative estimate of drug-likeness (QED) is 0.910. The molecule has 2 aliphatic heterocycles. The zero-order valence-corrected chi connectivity index (χ0v) is 16.2. The Hall–Kier alpha value is -2.27. The van der Waals surface area contributed by atoms with Crippen molar-refractivity contribution in [1.82, 2.24) is 20.2 Å². The van der Waals surface area contributed by atoms with Crippen LogP contribution in [0.2, 0.25) is 0 Å². The average Bonchev–Trinajstić information content (AvgIpc) is 2.73. The number of rotatable bonds is 3. The van der Waals surface area contributed by atoms with E-state index in [1.807, 2.05) is 18.0 Å². The number of aryl methyl sites for hydroxylation is 1. The Balaban J connectivity index is 1.46. The average molecular weight is 364 g/mol. The number of piperidine rings is 1. The molecule has 5 heteroatoms. The first kappa shape index (κ1) is 18.1. The highest BCUT2D eigenvalue weighted by atomic mass is 16.2. The number of carbonyl (C=O) groups excluding carboxylic acids is 1. The Morgan fingerprint density at radius 1 is 1.30 bits per heavy atom. The van der Waals surface area contributed by atoms with Crippen LogP contribution < -0.4 is 5.32 Å². The SMILES string of the molecule is Cc1ccc([C@H](C)C(=O)N2CCc3nc([C@@H]4CCCNC4)ncc3C2)cc1. The molecule has 0 saturated carbocycles. The third-order valence-electron chi connectivity index (χ3n) is 5.87. The molecular formula is C22H28N4O. The van der Waals surface area contributed by atoms with Crippen LogP contribution in [0.1, 0.15) is 59.8 Å². The van der Waals surface area contributed by atoms with E-state index in [-0.39, 0.29) is 11.8 Å². The highest BCUT2D eigenvalue weighted by Crippen LogP contribution is 2.25. The fourth-order valence-electron chi connectivity index (χ4n) is 4.06. The zero-order chi connectivity index (χ0) is 18.8. The second kappa shape index (κ2) is 7.77. The van der Waals surface area contributed by atoms with Crippen LogP contribution in [0.25, 0.3) is 0 Å². The largest absolute Gasteiger partial charge is 0.337 e. The van der Waals surface area contributed by atoms with Crippen molar-refractivity contribution in [3.8, 4) is 0 Å². The van der Waals surface area contributed by atoms with Crippen LogP contribution >= 0.6 is 0 Å². The van der Waals surface area contributed by atoms with E-state index in [4.69, 9.17) is 4.98 Å². The van der Waals surface area contributed by atoms with Gasteiger partial charge in [0.15, 0.2) is 0 Å². The second-order valence-electron chi connectivity index (χ2n) is 7.89. The summed E-state index contributed by atoms with van der Waals surface area (Å²) in [7, 11) is 0. The van der Waals surface area contributed by atoms with Gasteiger partial charge in [-0.25, -0.2) is 9.97 Å². The van der Waals surface area contributed by atoms with Crippen molar-refractivity contribution < 1.29 is 4.79 Å². The molecule has 2 atom stereocenters. The molecule has 0 bridgehead atoms. The van der Waals surface area contributed by atoms with E-state index in [0.717, 1.165) is 55.1 Å². The van der Waals surface area contributed by atoms with Crippen molar-refractivity contribution in [2.45, 2.75) is 51.5 Å². The molecule has 5 nitrogen and oxygen atoms in total. The number of nitrogens with one attached hydrogen (secondary N) is 1. The molecule has 1 N–H and O–H groups in total. The molecule has 4 rings (SSSR count). The number of carbonyl (C=O) groups is 1. The minimum absolute atomic E-state index is 0.124. The molecule has 3 heterocycles. The van der Waals surface area contributed by atoms with Gasteiger partial charge < -0.3 is 10.2 Å². The van der Waals surface area contributed by atoms with Gasteiger partial charge >= 0.3 is 0 Å². The summed E-state index contributed by atoms with van der Waals surface area (Å²) in [5.41, 5.74) is 4.51. The minimum atomic E-state index is -0.124. The number of fused-ring (bicyclic) bond motifs is 1. The number of nitrogens with zero attached hydrogens (tertiary/aromatic N) is 3. The van der Waals surface area contributed by atoms with Gasteiger partial charge in [-0.2, -0.15) is 0 Å². The summed E-state index contributed by atoms with van der Waals surface area (Å²) >= 11 is 0.